The lowest BCUT2D eigenvalue weighted by atomic mass is 10.2. The van der Waals surface area contributed by atoms with E-state index in [0.29, 0.717) is 0 Å². The highest BCUT2D eigenvalue weighted by molar-refractivity contribution is 9.10. The van der Waals surface area contributed by atoms with Crippen LogP contribution >= 0.6 is 27.7 Å². The molecule has 1 unspecified atom stereocenters. The first-order valence-corrected chi connectivity index (χ1v) is 6.25. The lowest BCUT2D eigenvalue weighted by Crippen LogP contribution is -2.21. The first-order valence-electron chi connectivity index (χ1n) is 4.47. The number of rotatable bonds is 5. The quantitative estimate of drug-likeness (QED) is 0.656. The van der Waals surface area contributed by atoms with Crippen molar-refractivity contribution in [1.29, 1.82) is 0 Å². The smallest absolute Gasteiger partial charge is 0.0186 e. The van der Waals surface area contributed by atoms with Crippen molar-refractivity contribution in [3.05, 3.63) is 41.4 Å². The van der Waals surface area contributed by atoms with Crippen LogP contribution in [0.1, 0.15) is 6.42 Å². The standard InChI is InChI=1S/C11H14BrNS/c1-2-4-10(13)8-14-11-6-3-5-9(12)7-11/h2-3,5-7,10H,1,4,8,13H2. The molecule has 1 aromatic carbocycles. The topological polar surface area (TPSA) is 26.0 Å². The van der Waals surface area contributed by atoms with Gasteiger partial charge in [0.15, 0.2) is 0 Å². The summed E-state index contributed by atoms with van der Waals surface area (Å²) in [6.45, 7) is 3.67. The van der Waals surface area contributed by atoms with Crippen molar-refractivity contribution in [1.82, 2.24) is 0 Å². The third-order valence-corrected chi connectivity index (χ3v) is 3.40. The van der Waals surface area contributed by atoms with Crippen LogP contribution in [-0.2, 0) is 0 Å². The SMILES string of the molecule is C=CCC(N)CSc1cccc(Br)c1. The molecule has 0 aliphatic rings. The summed E-state index contributed by atoms with van der Waals surface area (Å²) >= 11 is 5.22. The van der Waals surface area contributed by atoms with Crippen LogP contribution in [0.4, 0.5) is 0 Å². The highest BCUT2D eigenvalue weighted by atomic mass is 79.9. The first kappa shape index (κ1) is 11.8. The Morgan fingerprint density at radius 3 is 3.00 bits per heavy atom. The minimum absolute atomic E-state index is 0.205. The molecule has 0 saturated heterocycles. The molecule has 0 heterocycles. The summed E-state index contributed by atoms with van der Waals surface area (Å²) in [4.78, 5) is 1.25. The molecule has 14 heavy (non-hydrogen) atoms. The summed E-state index contributed by atoms with van der Waals surface area (Å²) in [7, 11) is 0. The fourth-order valence-electron chi connectivity index (χ4n) is 1.04. The second-order valence-electron chi connectivity index (χ2n) is 3.05. The maximum Gasteiger partial charge on any atom is 0.0186 e. The molecule has 1 rings (SSSR count). The van der Waals surface area contributed by atoms with Crippen LogP contribution in [0.25, 0.3) is 0 Å². The normalized spacial score (nSPS) is 12.4. The van der Waals surface area contributed by atoms with E-state index in [1.165, 1.54) is 4.90 Å². The van der Waals surface area contributed by atoms with E-state index in [4.69, 9.17) is 5.73 Å². The molecule has 0 saturated carbocycles. The van der Waals surface area contributed by atoms with Gasteiger partial charge >= 0.3 is 0 Å². The summed E-state index contributed by atoms with van der Waals surface area (Å²) in [5.74, 6) is 0.933. The lowest BCUT2D eigenvalue weighted by Gasteiger charge is -2.08. The van der Waals surface area contributed by atoms with Crippen LogP contribution in [0.5, 0.6) is 0 Å². The number of thioether (sulfide) groups is 1. The average Bonchev–Trinajstić information content (AvgIpc) is 2.15. The van der Waals surface area contributed by atoms with Gasteiger partial charge in [-0.2, -0.15) is 0 Å². The highest BCUT2D eigenvalue weighted by Crippen LogP contribution is 2.22. The molecular formula is C11H14BrNS. The van der Waals surface area contributed by atoms with Gasteiger partial charge in [0.2, 0.25) is 0 Å². The second kappa shape index (κ2) is 6.27. The van der Waals surface area contributed by atoms with Crippen molar-refractivity contribution in [2.75, 3.05) is 5.75 Å². The molecule has 0 aliphatic heterocycles. The zero-order valence-electron chi connectivity index (χ0n) is 7.95. The summed E-state index contributed by atoms with van der Waals surface area (Å²) in [6, 6.07) is 8.46. The number of halogens is 1. The summed E-state index contributed by atoms with van der Waals surface area (Å²) in [5, 5.41) is 0. The lowest BCUT2D eigenvalue weighted by molar-refractivity contribution is 0.769. The van der Waals surface area contributed by atoms with Crippen molar-refractivity contribution in [3.8, 4) is 0 Å². The molecule has 0 aromatic heterocycles. The fourth-order valence-corrected chi connectivity index (χ4v) is 2.52. The highest BCUT2D eigenvalue weighted by Gasteiger charge is 2.01. The number of benzene rings is 1. The van der Waals surface area contributed by atoms with Crippen molar-refractivity contribution in [2.45, 2.75) is 17.4 Å². The zero-order chi connectivity index (χ0) is 10.4. The van der Waals surface area contributed by atoms with Crippen molar-refractivity contribution < 1.29 is 0 Å². The Bertz CT molecular complexity index is 301. The summed E-state index contributed by atoms with van der Waals surface area (Å²) in [5.41, 5.74) is 5.87. The van der Waals surface area contributed by atoms with Gasteiger partial charge in [0.1, 0.15) is 0 Å². The molecule has 0 radical (unpaired) electrons. The Morgan fingerprint density at radius 1 is 1.57 bits per heavy atom. The van der Waals surface area contributed by atoms with Crippen LogP contribution in [0, 0.1) is 0 Å². The molecule has 1 atom stereocenters. The van der Waals surface area contributed by atoms with Gasteiger partial charge in [0, 0.05) is 21.2 Å². The van der Waals surface area contributed by atoms with E-state index in [-0.39, 0.29) is 6.04 Å². The second-order valence-corrected chi connectivity index (χ2v) is 5.06. The Labute approximate surface area is 97.9 Å². The Hall–Kier alpha value is -0.250. The molecule has 3 heteroatoms. The van der Waals surface area contributed by atoms with Crippen molar-refractivity contribution >= 4 is 27.7 Å². The van der Waals surface area contributed by atoms with E-state index in [2.05, 4.69) is 34.6 Å². The largest absolute Gasteiger partial charge is 0.327 e. The van der Waals surface area contributed by atoms with Gasteiger partial charge in [-0.15, -0.1) is 18.3 Å². The van der Waals surface area contributed by atoms with Gasteiger partial charge in [0.25, 0.3) is 0 Å². The van der Waals surface area contributed by atoms with Crippen LogP contribution in [-0.4, -0.2) is 11.8 Å². The van der Waals surface area contributed by atoms with Gasteiger partial charge in [0.05, 0.1) is 0 Å². The number of hydrogen-bond acceptors (Lipinski definition) is 2. The maximum absolute atomic E-state index is 5.87. The molecule has 0 spiro atoms. The van der Waals surface area contributed by atoms with Gasteiger partial charge in [-0.3, -0.25) is 0 Å². The molecular weight excluding hydrogens is 258 g/mol. The molecule has 1 nitrogen and oxygen atoms in total. The van der Waals surface area contributed by atoms with Gasteiger partial charge in [-0.05, 0) is 24.6 Å². The van der Waals surface area contributed by atoms with Crippen LogP contribution in [0.15, 0.2) is 46.3 Å². The Kier molecular flexibility index (Phi) is 5.30. The molecule has 1 aromatic rings. The predicted molar refractivity (Wildman–Crippen MR) is 67.7 cm³/mol. The molecule has 0 aliphatic carbocycles. The van der Waals surface area contributed by atoms with Crippen molar-refractivity contribution in [2.24, 2.45) is 5.73 Å². The van der Waals surface area contributed by atoms with Crippen LogP contribution < -0.4 is 5.73 Å². The van der Waals surface area contributed by atoms with Crippen LogP contribution in [0.3, 0.4) is 0 Å². The molecule has 76 valence electrons. The molecule has 0 fully saturated rings. The van der Waals surface area contributed by atoms with Crippen LogP contribution in [0.2, 0.25) is 0 Å². The third-order valence-electron chi connectivity index (χ3n) is 1.73. The van der Waals surface area contributed by atoms with Gasteiger partial charge in [-0.1, -0.05) is 28.1 Å². The molecule has 0 amide bonds. The monoisotopic (exact) mass is 271 g/mol. The zero-order valence-corrected chi connectivity index (χ0v) is 10.4. The first-order chi connectivity index (χ1) is 6.72. The number of nitrogens with two attached hydrogens (primary N) is 1. The van der Waals surface area contributed by atoms with E-state index in [9.17, 15) is 0 Å². The van der Waals surface area contributed by atoms with E-state index >= 15 is 0 Å². The minimum Gasteiger partial charge on any atom is -0.327 e. The minimum atomic E-state index is 0.205. The fraction of sp³-hybridized carbons (Fsp3) is 0.273. The molecule has 2 N–H and O–H groups in total. The van der Waals surface area contributed by atoms with Gasteiger partial charge in [-0.25, -0.2) is 0 Å². The average molecular weight is 272 g/mol. The summed E-state index contributed by atoms with van der Waals surface area (Å²) < 4.78 is 1.11. The molecule has 0 bridgehead atoms. The predicted octanol–water partition coefficient (Wildman–Crippen LogP) is 3.44. The Balaban J connectivity index is 2.41. The van der Waals surface area contributed by atoms with E-state index in [0.717, 1.165) is 16.6 Å². The van der Waals surface area contributed by atoms with E-state index in [1.54, 1.807) is 11.8 Å². The van der Waals surface area contributed by atoms with Gasteiger partial charge < -0.3 is 5.73 Å². The maximum atomic E-state index is 5.87. The van der Waals surface area contributed by atoms with E-state index in [1.807, 2.05) is 18.2 Å². The number of hydrogen-bond donors (Lipinski definition) is 1. The van der Waals surface area contributed by atoms with Crippen molar-refractivity contribution in [3.63, 3.8) is 0 Å². The summed E-state index contributed by atoms with van der Waals surface area (Å²) in [6.07, 6.45) is 2.74. The Morgan fingerprint density at radius 2 is 2.36 bits per heavy atom. The third kappa shape index (κ3) is 4.31. The van der Waals surface area contributed by atoms with E-state index < -0.39 is 0 Å².